The Balaban J connectivity index is 1.57. The minimum Gasteiger partial charge on any atom is -0.341 e. The predicted octanol–water partition coefficient (Wildman–Crippen LogP) is 2.61. The molecule has 2 heterocycles. The third-order valence-corrected chi connectivity index (χ3v) is 8.12. The van der Waals surface area contributed by atoms with E-state index in [-0.39, 0.29) is 10.8 Å². The Bertz CT molecular complexity index is 734. The van der Waals surface area contributed by atoms with Gasteiger partial charge in [0.15, 0.2) is 0 Å². The molecule has 2 aliphatic rings. The molecule has 0 unspecified atom stereocenters. The van der Waals surface area contributed by atoms with E-state index in [1.165, 1.54) is 36.4 Å². The van der Waals surface area contributed by atoms with Gasteiger partial charge in [-0.05, 0) is 32.6 Å². The molecule has 7 nitrogen and oxygen atoms in total. The zero-order valence-corrected chi connectivity index (χ0v) is 17.4. The minimum absolute atomic E-state index is 0.176. The third kappa shape index (κ3) is 4.71. The van der Waals surface area contributed by atoms with Gasteiger partial charge in [0.2, 0.25) is 15.9 Å². The summed E-state index contributed by atoms with van der Waals surface area (Å²) in [5, 5.41) is 6.77. The Kier molecular flexibility index (Phi) is 6.57. The van der Waals surface area contributed by atoms with E-state index in [2.05, 4.69) is 10.2 Å². The molecule has 0 atom stereocenters. The van der Waals surface area contributed by atoms with Crippen LogP contribution in [0.2, 0.25) is 0 Å². The largest absolute Gasteiger partial charge is 0.341 e. The van der Waals surface area contributed by atoms with E-state index >= 15 is 0 Å². The van der Waals surface area contributed by atoms with E-state index in [0.29, 0.717) is 56.3 Å². The Morgan fingerprint density at radius 1 is 1.07 bits per heavy atom. The minimum atomic E-state index is -3.58. The standard InChI is InChI=1S/C19H32N4O3S/c1-15-19(16(2)21-20-15)27(25,26)23-12-6-11-22(13-14-23)18(24)10-9-17-7-4-3-5-8-17/h17H,3-14H2,1-2H3,(H,20,21). The summed E-state index contributed by atoms with van der Waals surface area (Å²) in [4.78, 5) is 14.8. The number of rotatable bonds is 5. The Morgan fingerprint density at radius 3 is 2.48 bits per heavy atom. The van der Waals surface area contributed by atoms with Crippen molar-refractivity contribution >= 4 is 15.9 Å². The van der Waals surface area contributed by atoms with E-state index in [0.717, 1.165) is 6.42 Å². The number of nitrogens with zero attached hydrogens (tertiary/aromatic N) is 3. The quantitative estimate of drug-likeness (QED) is 0.829. The van der Waals surface area contributed by atoms with Crippen molar-refractivity contribution in [3.63, 3.8) is 0 Å². The SMILES string of the molecule is Cc1n[nH]c(C)c1S(=O)(=O)N1CCCN(C(=O)CCC2CCCCC2)CC1. The van der Waals surface area contributed by atoms with Crippen molar-refractivity contribution in [2.75, 3.05) is 26.2 Å². The maximum absolute atomic E-state index is 13.0. The molecule has 3 rings (SSSR count). The van der Waals surface area contributed by atoms with Gasteiger partial charge >= 0.3 is 0 Å². The first-order valence-electron chi connectivity index (χ1n) is 10.2. The molecule has 1 aliphatic carbocycles. The number of aromatic amines is 1. The first-order valence-corrected chi connectivity index (χ1v) is 11.6. The molecule has 8 heteroatoms. The molecule has 1 aliphatic heterocycles. The van der Waals surface area contributed by atoms with Gasteiger partial charge < -0.3 is 4.90 Å². The van der Waals surface area contributed by atoms with Crippen LogP contribution in [0.4, 0.5) is 0 Å². The summed E-state index contributed by atoms with van der Waals surface area (Å²) in [5.74, 6) is 0.870. The molecule has 1 N–H and O–H groups in total. The second kappa shape index (κ2) is 8.73. The number of hydrogen-bond donors (Lipinski definition) is 1. The van der Waals surface area contributed by atoms with Crippen molar-refractivity contribution in [3.05, 3.63) is 11.4 Å². The van der Waals surface area contributed by atoms with Crippen molar-refractivity contribution in [1.29, 1.82) is 0 Å². The molecule has 1 saturated carbocycles. The summed E-state index contributed by atoms with van der Waals surface area (Å²) < 4.78 is 27.5. The molecule has 1 saturated heterocycles. The van der Waals surface area contributed by atoms with Crippen molar-refractivity contribution in [2.24, 2.45) is 5.92 Å². The third-order valence-electron chi connectivity index (χ3n) is 5.96. The van der Waals surface area contributed by atoms with Gasteiger partial charge in [0.25, 0.3) is 0 Å². The lowest BCUT2D eigenvalue weighted by molar-refractivity contribution is -0.131. The maximum atomic E-state index is 13.0. The molecule has 1 aromatic heterocycles. The topological polar surface area (TPSA) is 86.4 Å². The van der Waals surface area contributed by atoms with Gasteiger partial charge in [0.1, 0.15) is 4.90 Å². The molecule has 2 fully saturated rings. The smallest absolute Gasteiger partial charge is 0.246 e. The number of carbonyl (C=O) groups is 1. The summed E-state index contributed by atoms with van der Waals surface area (Å²) in [6.45, 7) is 5.33. The first-order chi connectivity index (χ1) is 12.9. The zero-order valence-electron chi connectivity index (χ0n) is 16.5. The highest BCUT2D eigenvalue weighted by Gasteiger charge is 2.31. The van der Waals surface area contributed by atoms with Crippen molar-refractivity contribution < 1.29 is 13.2 Å². The van der Waals surface area contributed by atoms with Crippen molar-refractivity contribution in [1.82, 2.24) is 19.4 Å². The van der Waals surface area contributed by atoms with Crippen LogP contribution >= 0.6 is 0 Å². The summed E-state index contributed by atoms with van der Waals surface area (Å²) in [6.07, 6.45) is 8.67. The van der Waals surface area contributed by atoms with E-state index in [1.807, 2.05) is 4.90 Å². The summed E-state index contributed by atoms with van der Waals surface area (Å²) >= 11 is 0. The van der Waals surface area contributed by atoms with Gasteiger partial charge in [-0.3, -0.25) is 9.89 Å². The van der Waals surface area contributed by atoms with Crippen molar-refractivity contribution in [2.45, 2.75) is 70.1 Å². The number of hydrogen-bond acceptors (Lipinski definition) is 4. The van der Waals surface area contributed by atoms with Crippen LogP contribution in [0.15, 0.2) is 4.90 Å². The molecule has 0 bridgehead atoms. The second-order valence-corrected chi connectivity index (χ2v) is 9.82. The molecule has 1 aromatic rings. The Hall–Kier alpha value is -1.41. The van der Waals surface area contributed by atoms with Crippen molar-refractivity contribution in [3.8, 4) is 0 Å². The molecule has 0 radical (unpaired) electrons. The molecule has 152 valence electrons. The fourth-order valence-corrected chi connectivity index (χ4v) is 6.20. The normalized spacial score (nSPS) is 20.6. The maximum Gasteiger partial charge on any atom is 0.246 e. The number of aromatic nitrogens is 2. The van der Waals surface area contributed by atoms with Crippen LogP contribution in [-0.2, 0) is 14.8 Å². The highest BCUT2D eigenvalue weighted by atomic mass is 32.2. The molecular formula is C19H32N4O3S. The van der Waals surface area contributed by atoms with E-state index in [1.54, 1.807) is 13.8 Å². The average Bonchev–Trinajstić information content (AvgIpc) is 2.86. The summed E-state index contributed by atoms with van der Waals surface area (Å²) in [5.41, 5.74) is 1.06. The van der Waals surface area contributed by atoms with Crippen LogP contribution in [0.25, 0.3) is 0 Å². The van der Waals surface area contributed by atoms with Gasteiger partial charge in [-0.15, -0.1) is 0 Å². The summed E-state index contributed by atoms with van der Waals surface area (Å²) in [6, 6.07) is 0. The predicted molar refractivity (Wildman–Crippen MR) is 104 cm³/mol. The molecule has 27 heavy (non-hydrogen) atoms. The first kappa shape index (κ1) is 20.3. The van der Waals surface area contributed by atoms with E-state index in [9.17, 15) is 13.2 Å². The molecule has 1 amide bonds. The molecule has 0 aromatic carbocycles. The van der Waals surface area contributed by atoms with Gasteiger partial charge in [-0.2, -0.15) is 9.40 Å². The fraction of sp³-hybridized carbons (Fsp3) is 0.789. The lowest BCUT2D eigenvalue weighted by atomic mass is 9.86. The van der Waals surface area contributed by atoms with Crippen LogP contribution < -0.4 is 0 Å². The lowest BCUT2D eigenvalue weighted by Gasteiger charge is -2.24. The van der Waals surface area contributed by atoms with Gasteiger partial charge in [0, 0.05) is 32.6 Å². The monoisotopic (exact) mass is 396 g/mol. The van der Waals surface area contributed by atoms with Crippen LogP contribution in [0.5, 0.6) is 0 Å². The van der Waals surface area contributed by atoms with Crippen LogP contribution in [0.1, 0.15) is 62.8 Å². The van der Waals surface area contributed by atoms with Gasteiger partial charge in [0.05, 0.1) is 11.4 Å². The lowest BCUT2D eigenvalue weighted by Crippen LogP contribution is -2.37. The van der Waals surface area contributed by atoms with Crippen LogP contribution in [-0.4, -0.2) is 59.9 Å². The van der Waals surface area contributed by atoms with E-state index in [4.69, 9.17) is 0 Å². The number of nitrogens with one attached hydrogen (secondary N) is 1. The highest BCUT2D eigenvalue weighted by molar-refractivity contribution is 7.89. The molecule has 0 spiro atoms. The van der Waals surface area contributed by atoms with Gasteiger partial charge in [-0.25, -0.2) is 8.42 Å². The molecular weight excluding hydrogens is 364 g/mol. The Morgan fingerprint density at radius 2 is 1.81 bits per heavy atom. The Labute approximate surface area is 162 Å². The number of sulfonamides is 1. The van der Waals surface area contributed by atoms with Crippen LogP contribution in [0.3, 0.4) is 0 Å². The second-order valence-electron chi connectivity index (χ2n) is 7.94. The number of H-pyrrole nitrogens is 1. The highest BCUT2D eigenvalue weighted by Crippen LogP contribution is 2.28. The zero-order chi connectivity index (χ0) is 19.4. The summed E-state index contributed by atoms with van der Waals surface area (Å²) in [7, 11) is -3.58. The fourth-order valence-electron chi connectivity index (χ4n) is 4.39. The van der Waals surface area contributed by atoms with Gasteiger partial charge in [-0.1, -0.05) is 32.1 Å². The number of carbonyl (C=O) groups excluding carboxylic acids is 1. The number of aryl methyl sites for hydroxylation is 2. The van der Waals surface area contributed by atoms with Crippen LogP contribution in [0, 0.1) is 19.8 Å². The average molecular weight is 397 g/mol. The van der Waals surface area contributed by atoms with E-state index < -0.39 is 10.0 Å². The number of amides is 1.